The van der Waals surface area contributed by atoms with Gasteiger partial charge in [0.15, 0.2) is 5.65 Å². The van der Waals surface area contributed by atoms with Gasteiger partial charge in [-0.3, -0.25) is 4.68 Å². The number of hydrogen-bond donors (Lipinski definition) is 1. The molecule has 4 aromatic rings. The summed E-state index contributed by atoms with van der Waals surface area (Å²) < 4.78 is 7.42. The first-order valence-electron chi connectivity index (χ1n) is 9.95. The topological polar surface area (TPSA) is 52.0 Å². The van der Waals surface area contributed by atoms with Crippen molar-refractivity contribution in [3.63, 3.8) is 0 Å². The Morgan fingerprint density at radius 2 is 1.76 bits per heavy atom. The molecule has 0 aliphatic heterocycles. The standard InChI is InChI=1S/C24H26N4O/c1-4-29-21-12-10-20(11-13-21)23(19-8-6-5-7-9-19)25-15-18-14-22-17(2)27-28(3)24(22)26-16-18/h5-14,16,23,25H,4,15H2,1-3H3. The van der Waals surface area contributed by atoms with Gasteiger partial charge in [0.25, 0.3) is 0 Å². The van der Waals surface area contributed by atoms with E-state index in [1.807, 2.05) is 50.0 Å². The molecule has 0 amide bonds. The maximum Gasteiger partial charge on any atom is 0.157 e. The molecule has 148 valence electrons. The van der Waals surface area contributed by atoms with Gasteiger partial charge >= 0.3 is 0 Å². The molecule has 0 saturated carbocycles. The third-order valence-corrected chi connectivity index (χ3v) is 5.09. The van der Waals surface area contributed by atoms with E-state index in [1.54, 1.807) is 0 Å². The van der Waals surface area contributed by atoms with Gasteiger partial charge in [0.2, 0.25) is 0 Å². The van der Waals surface area contributed by atoms with Crippen molar-refractivity contribution in [1.82, 2.24) is 20.1 Å². The highest BCUT2D eigenvalue weighted by Crippen LogP contribution is 2.25. The van der Waals surface area contributed by atoms with Crippen LogP contribution in [-0.4, -0.2) is 21.4 Å². The fourth-order valence-electron chi connectivity index (χ4n) is 3.66. The second-order valence-corrected chi connectivity index (χ2v) is 7.15. The molecular formula is C24H26N4O. The summed E-state index contributed by atoms with van der Waals surface area (Å²) in [6, 6.07) is 21.1. The minimum absolute atomic E-state index is 0.0811. The highest BCUT2D eigenvalue weighted by Gasteiger charge is 2.14. The second kappa shape index (κ2) is 8.45. The molecule has 2 heterocycles. The van der Waals surface area contributed by atoms with Gasteiger partial charge in [-0.2, -0.15) is 5.10 Å². The maximum atomic E-state index is 5.59. The molecule has 0 saturated heterocycles. The van der Waals surface area contributed by atoms with Crippen LogP contribution in [0.4, 0.5) is 0 Å². The maximum absolute atomic E-state index is 5.59. The number of rotatable bonds is 7. The van der Waals surface area contributed by atoms with Gasteiger partial charge < -0.3 is 10.1 Å². The van der Waals surface area contributed by atoms with E-state index in [0.29, 0.717) is 13.2 Å². The lowest BCUT2D eigenvalue weighted by molar-refractivity contribution is 0.340. The molecule has 0 fully saturated rings. The first kappa shape index (κ1) is 19.2. The van der Waals surface area contributed by atoms with Crippen LogP contribution < -0.4 is 10.1 Å². The first-order valence-corrected chi connectivity index (χ1v) is 9.95. The van der Waals surface area contributed by atoms with Gasteiger partial charge in [0.1, 0.15) is 5.75 Å². The average Bonchev–Trinajstić information content (AvgIpc) is 3.03. The summed E-state index contributed by atoms with van der Waals surface area (Å²) in [7, 11) is 1.93. The Kier molecular flexibility index (Phi) is 5.58. The molecule has 0 aliphatic rings. The fraction of sp³-hybridized carbons (Fsp3) is 0.250. The normalized spacial score (nSPS) is 12.2. The summed E-state index contributed by atoms with van der Waals surface area (Å²) in [6.07, 6.45) is 1.93. The zero-order chi connectivity index (χ0) is 20.2. The molecule has 29 heavy (non-hydrogen) atoms. The lowest BCUT2D eigenvalue weighted by Crippen LogP contribution is -2.22. The van der Waals surface area contributed by atoms with E-state index in [1.165, 1.54) is 11.1 Å². The number of ether oxygens (including phenoxy) is 1. The minimum atomic E-state index is 0.0811. The van der Waals surface area contributed by atoms with E-state index in [0.717, 1.165) is 28.0 Å². The number of nitrogens with zero attached hydrogens (tertiary/aromatic N) is 3. The number of benzene rings is 2. The van der Waals surface area contributed by atoms with Crippen molar-refractivity contribution in [1.29, 1.82) is 0 Å². The van der Waals surface area contributed by atoms with Gasteiger partial charge in [-0.25, -0.2) is 4.98 Å². The van der Waals surface area contributed by atoms with Crippen LogP contribution in [0.2, 0.25) is 0 Å². The average molecular weight is 386 g/mol. The Bertz CT molecular complexity index is 1090. The highest BCUT2D eigenvalue weighted by molar-refractivity contribution is 5.78. The van der Waals surface area contributed by atoms with Crippen LogP contribution in [0.3, 0.4) is 0 Å². The van der Waals surface area contributed by atoms with Crippen LogP contribution in [-0.2, 0) is 13.6 Å². The largest absolute Gasteiger partial charge is 0.494 e. The molecule has 5 nitrogen and oxygen atoms in total. The van der Waals surface area contributed by atoms with Crippen molar-refractivity contribution in [3.8, 4) is 5.75 Å². The minimum Gasteiger partial charge on any atom is -0.494 e. The van der Waals surface area contributed by atoms with Crippen molar-refractivity contribution < 1.29 is 4.74 Å². The van der Waals surface area contributed by atoms with Gasteiger partial charge in [-0.1, -0.05) is 42.5 Å². The zero-order valence-electron chi connectivity index (χ0n) is 17.1. The van der Waals surface area contributed by atoms with Crippen molar-refractivity contribution >= 4 is 11.0 Å². The predicted octanol–water partition coefficient (Wildman–Crippen LogP) is 4.55. The smallest absolute Gasteiger partial charge is 0.157 e. The van der Waals surface area contributed by atoms with Crippen molar-refractivity contribution in [3.05, 3.63) is 89.2 Å². The molecular weight excluding hydrogens is 360 g/mol. The summed E-state index contributed by atoms with van der Waals surface area (Å²) in [5, 5.41) is 9.27. The van der Waals surface area contributed by atoms with Crippen LogP contribution in [0.5, 0.6) is 5.75 Å². The fourth-order valence-corrected chi connectivity index (χ4v) is 3.66. The molecule has 2 aromatic carbocycles. The highest BCUT2D eigenvalue weighted by atomic mass is 16.5. The van der Waals surface area contributed by atoms with E-state index in [2.05, 4.69) is 57.9 Å². The summed E-state index contributed by atoms with van der Waals surface area (Å²) in [4.78, 5) is 4.60. The van der Waals surface area contributed by atoms with Gasteiger partial charge in [-0.05, 0) is 48.7 Å². The van der Waals surface area contributed by atoms with Crippen LogP contribution in [0.1, 0.15) is 35.3 Å². The van der Waals surface area contributed by atoms with Crippen molar-refractivity contribution in [2.75, 3.05) is 6.61 Å². The lowest BCUT2D eigenvalue weighted by Gasteiger charge is -2.20. The molecule has 1 atom stereocenters. The number of nitrogens with one attached hydrogen (secondary N) is 1. The van der Waals surface area contributed by atoms with E-state index in [9.17, 15) is 0 Å². The number of hydrogen-bond acceptors (Lipinski definition) is 4. The Hall–Kier alpha value is -3.18. The Balaban J connectivity index is 1.59. The van der Waals surface area contributed by atoms with Gasteiger partial charge in [-0.15, -0.1) is 0 Å². The molecule has 5 heteroatoms. The zero-order valence-corrected chi connectivity index (χ0v) is 17.1. The van der Waals surface area contributed by atoms with Gasteiger partial charge in [0.05, 0.1) is 18.3 Å². The van der Waals surface area contributed by atoms with E-state index in [-0.39, 0.29) is 6.04 Å². The van der Waals surface area contributed by atoms with Gasteiger partial charge in [0, 0.05) is 25.2 Å². The molecule has 4 rings (SSSR count). The second-order valence-electron chi connectivity index (χ2n) is 7.15. The Morgan fingerprint density at radius 3 is 2.48 bits per heavy atom. The molecule has 1 N–H and O–H groups in total. The third kappa shape index (κ3) is 4.15. The quantitative estimate of drug-likeness (QED) is 0.506. The van der Waals surface area contributed by atoms with Crippen LogP contribution >= 0.6 is 0 Å². The van der Waals surface area contributed by atoms with Crippen LogP contribution in [0.15, 0.2) is 66.9 Å². The molecule has 1 unspecified atom stereocenters. The number of aryl methyl sites for hydroxylation is 2. The molecule has 0 bridgehead atoms. The summed E-state index contributed by atoms with van der Waals surface area (Å²) in [5.41, 5.74) is 5.48. The molecule has 0 radical (unpaired) electrons. The van der Waals surface area contributed by atoms with E-state index >= 15 is 0 Å². The first-order chi connectivity index (χ1) is 14.2. The van der Waals surface area contributed by atoms with E-state index < -0.39 is 0 Å². The van der Waals surface area contributed by atoms with Crippen molar-refractivity contribution in [2.45, 2.75) is 26.4 Å². The van der Waals surface area contributed by atoms with Crippen LogP contribution in [0, 0.1) is 6.92 Å². The predicted molar refractivity (Wildman–Crippen MR) is 116 cm³/mol. The molecule has 0 spiro atoms. The number of aromatic nitrogens is 3. The number of pyridine rings is 1. The van der Waals surface area contributed by atoms with Crippen molar-refractivity contribution in [2.24, 2.45) is 7.05 Å². The molecule has 0 aliphatic carbocycles. The Morgan fingerprint density at radius 1 is 1.03 bits per heavy atom. The van der Waals surface area contributed by atoms with Crippen LogP contribution in [0.25, 0.3) is 11.0 Å². The summed E-state index contributed by atoms with van der Waals surface area (Å²) >= 11 is 0. The summed E-state index contributed by atoms with van der Waals surface area (Å²) in [5.74, 6) is 0.893. The van der Waals surface area contributed by atoms with E-state index in [4.69, 9.17) is 4.74 Å². The SMILES string of the molecule is CCOc1ccc(C(NCc2cnc3c(c2)c(C)nn3C)c2ccccc2)cc1. The molecule has 2 aromatic heterocycles. The lowest BCUT2D eigenvalue weighted by atomic mass is 9.98. The Labute approximate surface area is 171 Å². The third-order valence-electron chi connectivity index (χ3n) is 5.09. The monoisotopic (exact) mass is 386 g/mol. The number of fused-ring (bicyclic) bond motifs is 1. The summed E-state index contributed by atoms with van der Waals surface area (Å²) in [6.45, 7) is 5.40.